The van der Waals surface area contributed by atoms with Crippen LogP contribution in [0.15, 0.2) is 55.1 Å². The predicted octanol–water partition coefficient (Wildman–Crippen LogP) is 4.29. The summed E-state index contributed by atoms with van der Waals surface area (Å²) in [5.41, 5.74) is -0.958. The van der Waals surface area contributed by atoms with Gasteiger partial charge >= 0.3 is 11.9 Å². The average molecular weight is 376 g/mol. The molecule has 0 fully saturated rings. The SMILES string of the molecule is O=[N+]([O-])c1c(Nc2cccnc2)ncnc1Nc1cccc(C(F)(F)F)c1. The lowest BCUT2D eigenvalue weighted by Gasteiger charge is -2.12. The monoisotopic (exact) mass is 376 g/mol. The van der Waals surface area contributed by atoms with Crippen LogP contribution in [0.2, 0.25) is 0 Å². The molecule has 1 aromatic carbocycles. The normalized spacial score (nSPS) is 11.1. The molecule has 27 heavy (non-hydrogen) atoms. The highest BCUT2D eigenvalue weighted by molar-refractivity contribution is 5.76. The van der Waals surface area contributed by atoms with Crippen LogP contribution in [-0.4, -0.2) is 19.9 Å². The van der Waals surface area contributed by atoms with Crippen LogP contribution in [0.25, 0.3) is 0 Å². The lowest BCUT2D eigenvalue weighted by molar-refractivity contribution is -0.383. The number of rotatable bonds is 5. The van der Waals surface area contributed by atoms with Crippen molar-refractivity contribution < 1.29 is 18.1 Å². The molecule has 2 heterocycles. The molecule has 0 aliphatic heterocycles. The molecule has 0 radical (unpaired) electrons. The van der Waals surface area contributed by atoms with E-state index in [0.29, 0.717) is 5.69 Å². The maximum Gasteiger partial charge on any atom is 0.416 e. The minimum atomic E-state index is -4.54. The molecule has 11 heteroatoms. The van der Waals surface area contributed by atoms with Gasteiger partial charge in [0.2, 0.25) is 11.6 Å². The molecule has 8 nitrogen and oxygen atoms in total. The summed E-state index contributed by atoms with van der Waals surface area (Å²) in [7, 11) is 0. The fraction of sp³-hybridized carbons (Fsp3) is 0.0625. The zero-order valence-corrected chi connectivity index (χ0v) is 13.4. The third-order valence-electron chi connectivity index (χ3n) is 3.38. The van der Waals surface area contributed by atoms with Gasteiger partial charge in [0.1, 0.15) is 6.33 Å². The van der Waals surface area contributed by atoms with Gasteiger partial charge in [0, 0.05) is 11.9 Å². The highest BCUT2D eigenvalue weighted by Crippen LogP contribution is 2.35. The predicted molar refractivity (Wildman–Crippen MR) is 90.9 cm³/mol. The van der Waals surface area contributed by atoms with Gasteiger partial charge in [-0.15, -0.1) is 0 Å². The van der Waals surface area contributed by atoms with E-state index in [-0.39, 0.29) is 17.3 Å². The van der Waals surface area contributed by atoms with E-state index < -0.39 is 22.4 Å². The second-order valence-electron chi connectivity index (χ2n) is 5.25. The van der Waals surface area contributed by atoms with Crippen LogP contribution < -0.4 is 10.6 Å². The van der Waals surface area contributed by atoms with Crippen molar-refractivity contribution in [3.8, 4) is 0 Å². The van der Waals surface area contributed by atoms with Crippen LogP contribution in [0.3, 0.4) is 0 Å². The molecule has 0 bridgehead atoms. The second-order valence-corrected chi connectivity index (χ2v) is 5.25. The minimum Gasteiger partial charge on any atom is -0.334 e. The Morgan fingerprint density at radius 1 is 1.00 bits per heavy atom. The van der Waals surface area contributed by atoms with Gasteiger partial charge in [0.25, 0.3) is 0 Å². The second kappa shape index (κ2) is 7.23. The lowest BCUT2D eigenvalue weighted by Crippen LogP contribution is -2.07. The Labute approximate surface area is 150 Å². The van der Waals surface area contributed by atoms with E-state index in [1.165, 1.54) is 24.5 Å². The van der Waals surface area contributed by atoms with Crippen LogP contribution in [0.5, 0.6) is 0 Å². The summed E-state index contributed by atoms with van der Waals surface area (Å²) in [6.07, 6.45) is -0.518. The first kappa shape index (κ1) is 18.0. The van der Waals surface area contributed by atoms with Gasteiger partial charge in [0.15, 0.2) is 0 Å². The van der Waals surface area contributed by atoms with E-state index in [2.05, 4.69) is 25.6 Å². The Hall–Kier alpha value is -3.76. The zero-order valence-electron chi connectivity index (χ0n) is 13.4. The Morgan fingerprint density at radius 2 is 1.67 bits per heavy atom. The van der Waals surface area contributed by atoms with E-state index in [0.717, 1.165) is 18.5 Å². The van der Waals surface area contributed by atoms with Crippen molar-refractivity contribution in [3.05, 3.63) is 70.8 Å². The van der Waals surface area contributed by atoms with Crippen molar-refractivity contribution in [1.29, 1.82) is 0 Å². The number of benzene rings is 1. The maximum atomic E-state index is 12.8. The molecular weight excluding hydrogens is 365 g/mol. The van der Waals surface area contributed by atoms with Gasteiger partial charge in [-0.3, -0.25) is 15.1 Å². The summed E-state index contributed by atoms with van der Waals surface area (Å²) < 4.78 is 38.5. The topological polar surface area (TPSA) is 106 Å². The van der Waals surface area contributed by atoms with Crippen molar-refractivity contribution in [3.63, 3.8) is 0 Å². The number of aromatic nitrogens is 3. The van der Waals surface area contributed by atoms with Crippen molar-refractivity contribution in [2.45, 2.75) is 6.18 Å². The molecule has 3 rings (SSSR count). The number of pyridine rings is 1. The van der Waals surface area contributed by atoms with Gasteiger partial charge in [-0.2, -0.15) is 13.2 Å². The fourth-order valence-electron chi connectivity index (χ4n) is 2.22. The Bertz CT molecular complexity index is 966. The number of nitrogens with one attached hydrogen (secondary N) is 2. The number of nitro groups is 1. The van der Waals surface area contributed by atoms with Crippen molar-refractivity contribution >= 4 is 28.7 Å². The number of hydrogen-bond donors (Lipinski definition) is 2. The summed E-state index contributed by atoms with van der Waals surface area (Å²) >= 11 is 0. The molecule has 0 unspecified atom stereocenters. The van der Waals surface area contributed by atoms with Crippen LogP contribution in [-0.2, 0) is 6.18 Å². The number of halogens is 3. The van der Waals surface area contributed by atoms with E-state index in [4.69, 9.17) is 0 Å². The van der Waals surface area contributed by atoms with E-state index in [1.807, 2.05) is 0 Å². The first-order valence-corrected chi connectivity index (χ1v) is 7.45. The summed E-state index contributed by atoms with van der Waals surface area (Å²) in [4.78, 5) is 22.3. The maximum absolute atomic E-state index is 12.8. The highest BCUT2D eigenvalue weighted by Gasteiger charge is 2.31. The molecular formula is C16H11F3N6O2. The summed E-state index contributed by atoms with van der Waals surface area (Å²) in [5, 5.41) is 16.8. The largest absolute Gasteiger partial charge is 0.416 e. The molecule has 3 aromatic rings. The lowest BCUT2D eigenvalue weighted by atomic mass is 10.2. The van der Waals surface area contributed by atoms with Gasteiger partial charge < -0.3 is 10.6 Å². The molecule has 138 valence electrons. The third-order valence-corrected chi connectivity index (χ3v) is 3.38. The molecule has 0 aliphatic carbocycles. The Kier molecular flexibility index (Phi) is 4.83. The van der Waals surface area contributed by atoms with Crippen LogP contribution >= 0.6 is 0 Å². The molecule has 0 aliphatic rings. The number of alkyl halides is 3. The molecule has 0 saturated heterocycles. The number of hydrogen-bond acceptors (Lipinski definition) is 7. The molecule has 0 atom stereocenters. The van der Waals surface area contributed by atoms with Crippen LogP contribution in [0, 0.1) is 10.1 Å². The van der Waals surface area contributed by atoms with Gasteiger partial charge in [-0.25, -0.2) is 9.97 Å². The van der Waals surface area contributed by atoms with Gasteiger partial charge in [-0.1, -0.05) is 6.07 Å². The smallest absolute Gasteiger partial charge is 0.334 e. The van der Waals surface area contributed by atoms with Crippen molar-refractivity contribution in [1.82, 2.24) is 15.0 Å². The van der Waals surface area contributed by atoms with Crippen LogP contribution in [0.1, 0.15) is 5.56 Å². The summed E-state index contributed by atoms with van der Waals surface area (Å²) in [6, 6.07) is 7.51. The van der Waals surface area contributed by atoms with E-state index >= 15 is 0 Å². The molecule has 2 N–H and O–H groups in total. The summed E-state index contributed by atoms with van der Waals surface area (Å²) in [6.45, 7) is 0. The first-order valence-electron chi connectivity index (χ1n) is 7.45. The van der Waals surface area contributed by atoms with Crippen molar-refractivity contribution in [2.24, 2.45) is 0 Å². The Morgan fingerprint density at radius 3 is 2.26 bits per heavy atom. The standard InChI is InChI=1S/C16H11F3N6O2/c17-16(18,19)10-3-1-4-11(7-10)23-14-13(25(26)27)15(22-9-21-14)24-12-5-2-6-20-8-12/h1-9H,(H2,21,22,23,24). The van der Waals surface area contributed by atoms with Crippen LogP contribution in [0.4, 0.5) is 41.9 Å². The van der Waals surface area contributed by atoms with E-state index in [1.54, 1.807) is 12.1 Å². The van der Waals surface area contributed by atoms with E-state index in [9.17, 15) is 23.3 Å². The molecule has 0 amide bonds. The fourth-order valence-corrected chi connectivity index (χ4v) is 2.22. The summed E-state index contributed by atoms with van der Waals surface area (Å²) in [5.74, 6) is -0.377. The number of nitrogens with zero attached hydrogens (tertiary/aromatic N) is 4. The third kappa shape index (κ3) is 4.26. The Balaban J connectivity index is 1.96. The average Bonchev–Trinajstić information content (AvgIpc) is 2.62. The quantitative estimate of drug-likeness (QED) is 0.505. The van der Waals surface area contributed by atoms with Gasteiger partial charge in [-0.05, 0) is 30.3 Å². The minimum absolute atomic E-state index is 0.000970. The molecule has 0 saturated carbocycles. The molecule has 0 spiro atoms. The zero-order chi connectivity index (χ0) is 19.4. The molecule has 2 aromatic heterocycles. The highest BCUT2D eigenvalue weighted by atomic mass is 19.4. The van der Waals surface area contributed by atoms with Gasteiger partial charge in [0.05, 0.1) is 22.4 Å². The number of anilines is 4. The van der Waals surface area contributed by atoms with Crippen molar-refractivity contribution in [2.75, 3.05) is 10.6 Å². The first-order chi connectivity index (χ1) is 12.8.